The smallest absolute Gasteiger partial charge is 0.167 e. The van der Waals surface area contributed by atoms with Crippen LogP contribution in [-0.2, 0) is 18.5 Å². The zero-order valence-electron chi connectivity index (χ0n) is 13.9. The zero-order valence-corrected chi connectivity index (χ0v) is 15.6. The van der Waals surface area contributed by atoms with Crippen molar-refractivity contribution in [2.75, 3.05) is 0 Å². The summed E-state index contributed by atoms with van der Waals surface area (Å²) < 4.78 is 2.16. The lowest BCUT2D eigenvalue weighted by molar-refractivity contribution is 0.336. The summed E-state index contributed by atoms with van der Waals surface area (Å²) in [5.74, 6) is 0. The molecular weight excluding hydrogens is 324 g/mol. The predicted molar refractivity (Wildman–Crippen MR) is 99.8 cm³/mol. The third-order valence-corrected chi connectivity index (χ3v) is 5.27. The minimum atomic E-state index is 0.0212. The number of nitrogens with zero attached hydrogens (tertiary/aromatic N) is 2. The molecule has 1 aliphatic carbocycles. The van der Waals surface area contributed by atoms with Crippen molar-refractivity contribution in [3.63, 3.8) is 0 Å². The number of rotatable bonds is 3. The summed E-state index contributed by atoms with van der Waals surface area (Å²) in [5, 5.41) is 14.2. The summed E-state index contributed by atoms with van der Waals surface area (Å²) in [4.78, 5) is 1.29. The average Bonchev–Trinajstić information content (AvgIpc) is 3.14. The number of nitrogens with one attached hydrogen (secondary N) is 2. The van der Waals surface area contributed by atoms with Crippen LogP contribution in [0.5, 0.6) is 0 Å². The number of hydrogen-bond donors (Lipinski definition) is 2. The maximum absolute atomic E-state index is 5.47. The van der Waals surface area contributed by atoms with Gasteiger partial charge in [0.2, 0.25) is 0 Å². The van der Waals surface area contributed by atoms with E-state index in [1.807, 2.05) is 6.20 Å². The van der Waals surface area contributed by atoms with E-state index in [1.165, 1.54) is 22.6 Å². The summed E-state index contributed by atoms with van der Waals surface area (Å²) >= 11 is 7.21. The first-order valence-corrected chi connectivity index (χ1v) is 9.38. The predicted octanol–water partition coefficient (Wildman–Crippen LogP) is 3.74. The molecule has 0 amide bonds. The minimum Gasteiger partial charge on any atom is -0.358 e. The van der Waals surface area contributed by atoms with Gasteiger partial charge >= 0.3 is 0 Å². The molecule has 0 spiro atoms. The fraction of sp³-hybridized carbons (Fsp3) is 0.529. The Labute approximate surface area is 147 Å². The van der Waals surface area contributed by atoms with Gasteiger partial charge in [-0.3, -0.25) is 4.68 Å². The highest BCUT2D eigenvalue weighted by atomic mass is 32.1. The first-order chi connectivity index (χ1) is 10.9. The lowest BCUT2D eigenvalue weighted by Crippen LogP contribution is -2.38. The first-order valence-electron chi connectivity index (χ1n) is 8.09. The van der Waals surface area contributed by atoms with E-state index in [4.69, 9.17) is 12.2 Å². The molecule has 4 nitrogen and oxygen atoms in total. The van der Waals surface area contributed by atoms with Gasteiger partial charge in [-0.15, -0.1) is 11.3 Å². The van der Waals surface area contributed by atoms with Gasteiger partial charge in [-0.05, 0) is 63.7 Å². The van der Waals surface area contributed by atoms with Crippen LogP contribution in [-0.4, -0.2) is 14.9 Å². The third kappa shape index (κ3) is 3.75. The number of hydrogen-bond acceptors (Lipinski definition) is 3. The summed E-state index contributed by atoms with van der Waals surface area (Å²) in [6.07, 6.45) is 5.38. The standard InChI is InChI=1S/C17H24N4S2/c1-17(2,3)21-15-8-4-7-14(13(15)11-19-21)20-16(22)18-10-12-6-5-9-23-12/h5-6,9,11,14H,4,7-8,10H2,1-3H3,(H2,18,20,22)/t14-/m1/s1. The van der Waals surface area contributed by atoms with Crippen LogP contribution in [0.25, 0.3) is 0 Å². The van der Waals surface area contributed by atoms with Crippen LogP contribution in [0.3, 0.4) is 0 Å². The zero-order chi connectivity index (χ0) is 16.4. The number of thiocarbonyl (C=S) groups is 1. The molecule has 0 radical (unpaired) electrons. The van der Waals surface area contributed by atoms with Gasteiger partial charge in [0.1, 0.15) is 0 Å². The second kappa shape index (κ2) is 6.61. The molecule has 0 unspecified atom stereocenters. The van der Waals surface area contributed by atoms with Gasteiger partial charge < -0.3 is 10.6 Å². The third-order valence-electron chi connectivity index (χ3n) is 4.13. The van der Waals surface area contributed by atoms with Crippen molar-refractivity contribution in [1.82, 2.24) is 20.4 Å². The van der Waals surface area contributed by atoms with E-state index < -0.39 is 0 Å². The molecular formula is C17H24N4S2. The molecule has 0 saturated carbocycles. The van der Waals surface area contributed by atoms with Crippen molar-refractivity contribution in [2.24, 2.45) is 0 Å². The maximum atomic E-state index is 5.47. The minimum absolute atomic E-state index is 0.0212. The molecule has 1 atom stereocenters. The molecule has 1 aliphatic rings. The lowest BCUT2D eigenvalue weighted by Gasteiger charge is -2.28. The van der Waals surface area contributed by atoms with Crippen molar-refractivity contribution in [2.45, 2.75) is 58.2 Å². The van der Waals surface area contributed by atoms with Crippen molar-refractivity contribution >= 4 is 28.7 Å². The average molecular weight is 349 g/mol. The number of aromatic nitrogens is 2. The molecule has 3 rings (SSSR count). The topological polar surface area (TPSA) is 41.9 Å². The van der Waals surface area contributed by atoms with Crippen LogP contribution >= 0.6 is 23.6 Å². The van der Waals surface area contributed by atoms with E-state index in [1.54, 1.807) is 11.3 Å². The van der Waals surface area contributed by atoms with Crippen molar-refractivity contribution in [1.29, 1.82) is 0 Å². The van der Waals surface area contributed by atoms with Gasteiger partial charge in [0.25, 0.3) is 0 Å². The second-order valence-corrected chi connectivity index (χ2v) is 8.42. The van der Waals surface area contributed by atoms with Crippen LogP contribution in [0.15, 0.2) is 23.7 Å². The van der Waals surface area contributed by atoms with Crippen LogP contribution in [0, 0.1) is 0 Å². The molecule has 0 bridgehead atoms. The summed E-state index contributed by atoms with van der Waals surface area (Å²) in [7, 11) is 0. The van der Waals surface area contributed by atoms with Gasteiger partial charge in [0.05, 0.1) is 24.3 Å². The fourth-order valence-corrected chi connectivity index (χ4v) is 3.93. The molecule has 23 heavy (non-hydrogen) atoms. The van der Waals surface area contributed by atoms with E-state index in [0.717, 1.165) is 24.5 Å². The van der Waals surface area contributed by atoms with Crippen LogP contribution < -0.4 is 10.6 Å². The van der Waals surface area contributed by atoms with Gasteiger partial charge in [-0.1, -0.05) is 6.07 Å². The molecule has 0 aromatic carbocycles. The molecule has 2 N–H and O–H groups in total. The summed E-state index contributed by atoms with van der Waals surface area (Å²) in [6, 6.07) is 4.44. The van der Waals surface area contributed by atoms with Crippen LogP contribution in [0.4, 0.5) is 0 Å². The van der Waals surface area contributed by atoms with E-state index in [2.05, 4.69) is 58.7 Å². The monoisotopic (exact) mass is 348 g/mol. The van der Waals surface area contributed by atoms with Gasteiger partial charge in [0, 0.05) is 16.1 Å². The SMILES string of the molecule is CC(C)(C)n1ncc2c1CCC[C@H]2NC(=S)NCc1cccs1. The largest absolute Gasteiger partial charge is 0.358 e. The molecule has 0 saturated heterocycles. The lowest BCUT2D eigenvalue weighted by atomic mass is 9.92. The Morgan fingerprint density at radius 2 is 2.30 bits per heavy atom. The van der Waals surface area contributed by atoms with Gasteiger partial charge in [-0.2, -0.15) is 5.10 Å². The molecule has 0 aliphatic heterocycles. The molecule has 6 heteroatoms. The van der Waals surface area contributed by atoms with E-state index in [-0.39, 0.29) is 11.6 Å². The maximum Gasteiger partial charge on any atom is 0.167 e. The van der Waals surface area contributed by atoms with Crippen LogP contribution in [0.2, 0.25) is 0 Å². The quantitative estimate of drug-likeness (QED) is 0.829. The van der Waals surface area contributed by atoms with Gasteiger partial charge in [0.15, 0.2) is 5.11 Å². The normalized spacial score (nSPS) is 17.6. The Balaban J connectivity index is 1.66. The highest BCUT2D eigenvalue weighted by Crippen LogP contribution is 2.32. The molecule has 0 fully saturated rings. The highest BCUT2D eigenvalue weighted by Gasteiger charge is 2.28. The Morgan fingerprint density at radius 3 is 3.00 bits per heavy atom. The van der Waals surface area contributed by atoms with E-state index in [9.17, 15) is 0 Å². The van der Waals surface area contributed by atoms with Crippen molar-refractivity contribution in [3.8, 4) is 0 Å². The Hall–Kier alpha value is -1.40. The number of thiophene rings is 1. The summed E-state index contributed by atoms with van der Waals surface area (Å²) in [5.41, 5.74) is 2.67. The number of fused-ring (bicyclic) bond motifs is 1. The van der Waals surface area contributed by atoms with Crippen LogP contribution in [0.1, 0.15) is 55.8 Å². The summed E-state index contributed by atoms with van der Waals surface area (Å²) in [6.45, 7) is 7.38. The van der Waals surface area contributed by atoms with Gasteiger partial charge in [-0.25, -0.2) is 0 Å². The molecule has 2 aromatic heterocycles. The molecule has 2 heterocycles. The Bertz CT molecular complexity index is 667. The van der Waals surface area contributed by atoms with Crippen molar-refractivity contribution < 1.29 is 0 Å². The molecule has 124 valence electrons. The fourth-order valence-electron chi connectivity index (χ4n) is 3.07. The van der Waals surface area contributed by atoms with E-state index in [0.29, 0.717) is 0 Å². The first kappa shape index (κ1) is 16.5. The Kier molecular flexibility index (Phi) is 4.73. The van der Waals surface area contributed by atoms with E-state index >= 15 is 0 Å². The van der Waals surface area contributed by atoms with Crippen molar-refractivity contribution in [3.05, 3.63) is 39.8 Å². The Morgan fingerprint density at radius 1 is 1.48 bits per heavy atom. The highest BCUT2D eigenvalue weighted by molar-refractivity contribution is 7.80. The second-order valence-electron chi connectivity index (χ2n) is 6.98. The molecule has 2 aromatic rings.